The molecule has 178 valence electrons. The van der Waals surface area contributed by atoms with Crippen molar-refractivity contribution in [2.75, 3.05) is 20.2 Å². The second-order valence-electron chi connectivity index (χ2n) is 6.77. The first-order chi connectivity index (χ1) is 15.0. The molecule has 0 fully saturated rings. The van der Waals surface area contributed by atoms with Crippen molar-refractivity contribution in [1.29, 1.82) is 0 Å². The molecule has 0 atom stereocenters. The van der Waals surface area contributed by atoms with E-state index in [2.05, 4.69) is 20.4 Å². The van der Waals surface area contributed by atoms with E-state index in [9.17, 15) is 13.6 Å². The Morgan fingerprint density at radius 1 is 1.16 bits per heavy atom. The molecule has 2 N–H and O–H groups in total. The molecule has 0 saturated heterocycles. The zero-order valence-corrected chi connectivity index (χ0v) is 20.9. The van der Waals surface area contributed by atoms with Gasteiger partial charge in [-0.2, -0.15) is 8.78 Å². The lowest BCUT2D eigenvalue weighted by molar-refractivity contribution is -0.0520. The molecule has 0 unspecified atom stereocenters. The van der Waals surface area contributed by atoms with Gasteiger partial charge in [0.25, 0.3) is 5.56 Å². The number of hydrogen-bond donors (Lipinski definition) is 2. The van der Waals surface area contributed by atoms with Crippen LogP contribution >= 0.6 is 24.0 Å². The standard InChI is InChI=1S/C22H30F2N4O3.HI/c1-4-30-18-11-8-10-17(20(18)31-21(23)24)15-27-22(25-3)26-13-5-6-14-28-16(2)9-7-12-19(28)29;/h7-12,21H,4-6,13-15H2,1-3H3,(H2,25,26,27);1H. The maximum absolute atomic E-state index is 12.8. The topological polar surface area (TPSA) is 76.9 Å². The van der Waals surface area contributed by atoms with Crippen LogP contribution in [0.25, 0.3) is 0 Å². The Balaban J connectivity index is 0.00000512. The normalized spacial score (nSPS) is 11.1. The molecule has 32 heavy (non-hydrogen) atoms. The maximum Gasteiger partial charge on any atom is 0.387 e. The highest BCUT2D eigenvalue weighted by Gasteiger charge is 2.16. The van der Waals surface area contributed by atoms with E-state index in [0.717, 1.165) is 18.5 Å². The van der Waals surface area contributed by atoms with Crippen LogP contribution in [0.1, 0.15) is 31.0 Å². The average Bonchev–Trinajstić information content (AvgIpc) is 2.73. The highest BCUT2D eigenvalue weighted by atomic mass is 127. The van der Waals surface area contributed by atoms with Crippen molar-refractivity contribution in [1.82, 2.24) is 15.2 Å². The number of aryl methyl sites for hydroxylation is 1. The third-order valence-corrected chi connectivity index (χ3v) is 4.61. The van der Waals surface area contributed by atoms with Gasteiger partial charge in [0.1, 0.15) is 0 Å². The molecular weight excluding hydrogens is 533 g/mol. The number of para-hydroxylation sites is 1. The van der Waals surface area contributed by atoms with E-state index in [1.165, 1.54) is 0 Å². The van der Waals surface area contributed by atoms with Gasteiger partial charge in [0.15, 0.2) is 17.5 Å². The van der Waals surface area contributed by atoms with Crippen molar-refractivity contribution < 1.29 is 18.3 Å². The summed E-state index contributed by atoms with van der Waals surface area (Å²) in [6.45, 7) is 2.63. The van der Waals surface area contributed by atoms with E-state index in [1.807, 2.05) is 13.0 Å². The lowest BCUT2D eigenvalue weighted by Gasteiger charge is -2.17. The third kappa shape index (κ3) is 8.64. The minimum atomic E-state index is -2.95. The van der Waals surface area contributed by atoms with E-state index in [0.29, 0.717) is 31.2 Å². The number of alkyl halides is 2. The maximum atomic E-state index is 12.8. The van der Waals surface area contributed by atoms with Gasteiger partial charge in [-0.3, -0.25) is 9.79 Å². The summed E-state index contributed by atoms with van der Waals surface area (Å²) < 4.78 is 37.5. The zero-order valence-electron chi connectivity index (χ0n) is 18.6. The largest absolute Gasteiger partial charge is 0.490 e. The highest BCUT2D eigenvalue weighted by molar-refractivity contribution is 14.0. The lowest BCUT2D eigenvalue weighted by Crippen LogP contribution is -2.37. The van der Waals surface area contributed by atoms with E-state index >= 15 is 0 Å². The highest BCUT2D eigenvalue weighted by Crippen LogP contribution is 2.32. The molecule has 0 saturated carbocycles. The summed E-state index contributed by atoms with van der Waals surface area (Å²) in [6.07, 6.45) is 1.67. The van der Waals surface area contributed by atoms with Crippen LogP contribution < -0.4 is 25.7 Å². The van der Waals surface area contributed by atoms with E-state index < -0.39 is 6.61 Å². The molecule has 1 heterocycles. The summed E-state index contributed by atoms with van der Waals surface area (Å²) in [5, 5.41) is 6.29. The molecule has 0 amide bonds. The number of guanidine groups is 1. The average molecular weight is 564 g/mol. The van der Waals surface area contributed by atoms with Crippen LogP contribution in [0.5, 0.6) is 11.5 Å². The van der Waals surface area contributed by atoms with Gasteiger partial charge in [-0.25, -0.2) is 0 Å². The van der Waals surface area contributed by atoms with Crippen LogP contribution in [0.3, 0.4) is 0 Å². The lowest BCUT2D eigenvalue weighted by atomic mass is 10.2. The number of hydrogen-bond acceptors (Lipinski definition) is 4. The summed E-state index contributed by atoms with van der Waals surface area (Å²) in [4.78, 5) is 16.0. The van der Waals surface area contributed by atoms with Gasteiger partial charge in [-0.15, -0.1) is 24.0 Å². The SMILES string of the molecule is CCOc1cccc(CNC(=NC)NCCCCn2c(C)cccc2=O)c1OC(F)F.I. The molecule has 2 aromatic rings. The summed E-state index contributed by atoms with van der Waals surface area (Å²) >= 11 is 0. The van der Waals surface area contributed by atoms with Crippen LogP contribution in [-0.4, -0.2) is 37.3 Å². The number of halogens is 3. The smallest absolute Gasteiger partial charge is 0.387 e. The molecule has 0 bridgehead atoms. The molecule has 10 heteroatoms. The first kappa shape index (κ1) is 27.7. The van der Waals surface area contributed by atoms with E-state index in [4.69, 9.17) is 4.74 Å². The fourth-order valence-corrected chi connectivity index (χ4v) is 3.10. The fraction of sp³-hybridized carbons (Fsp3) is 0.455. The zero-order chi connectivity index (χ0) is 22.6. The van der Waals surface area contributed by atoms with Gasteiger partial charge in [0.05, 0.1) is 6.61 Å². The minimum Gasteiger partial charge on any atom is -0.490 e. The molecule has 0 aliphatic carbocycles. The van der Waals surface area contributed by atoms with Gasteiger partial charge in [-0.05, 0) is 38.8 Å². The Kier molecular flexibility index (Phi) is 12.7. The number of rotatable bonds is 11. The monoisotopic (exact) mass is 564 g/mol. The van der Waals surface area contributed by atoms with Crippen molar-refractivity contribution >= 4 is 29.9 Å². The Labute approximate surface area is 204 Å². The van der Waals surface area contributed by atoms with Crippen molar-refractivity contribution in [3.05, 3.63) is 58.0 Å². The van der Waals surface area contributed by atoms with Gasteiger partial charge >= 0.3 is 6.61 Å². The van der Waals surface area contributed by atoms with E-state index in [-0.39, 0.29) is 47.6 Å². The number of nitrogens with one attached hydrogen (secondary N) is 2. The first-order valence-corrected chi connectivity index (χ1v) is 10.3. The summed E-state index contributed by atoms with van der Waals surface area (Å²) in [7, 11) is 1.63. The Morgan fingerprint density at radius 3 is 2.56 bits per heavy atom. The molecule has 1 aromatic carbocycles. The van der Waals surface area contributed by atoms with Crippen LogP contribution in [0, 0.1) is 6.92 Å². The van der Waals surface area contributed by atoms with Crippen LogP contribution in [-0.2, 0) is 13.1 Å². The van der Waals surface area contributed by atoms with Gasteiger partial charge in [0, 0.05) is 44.0 Å². The second kappa shape index (κ2) is 14.6. The van der Waals surface area contributed by atoms with Crippen molar-refractivity contribution in [2.24, 2.45) is 4.99 Å². The molecule has 2 rings (SSSR count). The second-order valence-corrected chi connectivity index (χ2v) is 6.77. The Hall–Kier alpha value is -2.37. The van der Waals surface area contributed by atoms with Gasteiger partial charge in [-0.1, -0.05) is 18.2 Å². The molecule has 0 radical (unpaired) electrons. The number of ether oxygens (including phenoxy) is 2. The number of aromatic nitrogens is 1. The van der Waals surface area contributed by atoms with Crippen molar-refractivity contribution in [3.8, 4) is 11.5 Å². The molecule has 7 nitrogen and oxygen atoms in total. The Bertz CT molecular complexity index is 922. The predicted octanol–water partition coefficient (Wildman–Crippen LogP) is 3.92. The Morgan fingerprint density at radius 2 is 1.91 bits per heavy atom. The summed E-state index contributed by atoms with van der Waals surface area (Å²) in [5.41, 5.74) is 1.48. The quantitative estimate of drug-likeness (QED) is 0.187. The molecule has 0 spiro atoms. The first-order valence-electron chi connectivity index (χ1n) is 10.3. The number of aliphatic imine (C=N–C) groups is 1. The van der Waals surface area contributed by atoms with Crippen LogP contribution in [0.2, 0.25) is 0 Å². The van der Waals surface area contributed by atoms with E-state index in [1.54, 1.807) is 48.9 Å². The van der Waals surface area contributed by atoms with Crippen LogP contribution in [0.15, 0.2) is 46.2 Å². The predicted molar refractivity (Wildman–Crippen MR) is 133 cm³/mol. The number of unbranched alkanes of at least 4 members (excludes halogenated alkanes) is 1. The molecule has 1 aromatic heterocycles. The van der Waals surface area contributed by atoms with Crippen molar-refractivity contribution in [2.45, 2.75) is 46.4 Å². The minimum absolute atomic E-state index is 0. The summed E-state index contributed by atoms with van der Waals surface area (Å²) in [6, 6.07) is 10.2. The molecule has 0 aliphatic rings. The number of nitrogens with zero attached hydrogens (tertiary/aromatic N) is 2. The van der Waals surface area contributed by atoms with Gasteiger partial charge in [0.2, 0.25) is 0 Å². The number of benzene rings is 1. The summed E-state index contributed by atoms with van der Waals surface area (Å²) in [5.74, 6) is 0.834. The molecule has 0 aliphatic heterocycles. The fourth-order valence-electron chi connectivity index (χ4n) is 3.10. The molecular formula is C22H31F2IN4O3. The third-order valence-electron chi connectivity index (χ3n) is 4.61. The van der Waals surface area contributed by atoms with Gasteiger partial charge < -0.3 is 24.7 Å². The van der Waals surface area contributed by atoms with Crippen molar-refractivity contribution in [3.63, 3.8) is 0 Å². The van der Waals surface area contributed by atoms with Crippen LogP contribution in [0.4, 0.5) is 8.78 Å². The number of pyridine rings is 1.